The van der Waals surface area contributed by atoms with E-state index >= 15 is 0 Å². The Balaban J connectivity index is 1.50. The van der Waals surface area contributed by atoms with Crippen molar-refractivity contribution in [2.45, 2.75) is 44.4 Å². The van der Waals surface area contributed by atoms with Crippen LogP contribution in [0.5, 0.6) is 5.75 Å². The van der Waals surface area contributed by atoms with Crippen LogP contribution in [0.2, 0.25) is 5.02 Å². The van der Waals surface area contributed by atoms with Gasteiger partial charge in [-0.2, -0.15) is 18.2 Å². The third kappa shape index (κ3) is 5.82. The SMILES string of the molecule is FC(F)(F)c1cnc(Nc2ccc(OC3CCCCC3)cc2)nc1Nc1ccc(Cl)cc1. The zero-order valence-corrected chi connectivity index (χ0v) is 17.9. The van der Waals surface area contributed by atoms with Gasteiger partial charge in [0.05, 0.1) is 6.10 Å². The number of hydrogen-bond donors (Lipinski definition) is 2. The average molecular weight is 463 g/mol. The highest BCUT2D eigenvalue weighted by molar-refractivity contribution is 6.30. The summed E-state index contributed by atoms with van der Waals surface area (Å²) < 4.78 is 46.3. The van der Waals surface area contributed by atoms with Crippen LogP contribution in [-0.2, 0) is 6.18 Å². The molecule has 0 radical (unpaired) electrons. The molecule has 0 aliphatic heterocycles. The van der Waals surface area contributed by atoms with Crippen molar-refractivity contribution in [2.24, 2.45) is 0 Å². The first kappa shape index (κ1) is 22.2. The van der Waals surface area contributed by atoms with E-state index in [1.807, 2.05) is 12.1 Å². The summed E-state index contributed by atoms with van der Waals surface area (Å²) in [5, 5.41) is 6.12. The maximum atomic E-state index is 13.4. The smallest absolute Gasteiger partial charge is 0.421 e. The van der Waals surface area contributed by atoms with Crippen LogP contribution in [0.3, 0.4) is 0 Å². The second-order valence-corrected chi connectivity index (χ2v) is 8.05. The van der Waals surface area contributed by atoms with Gasteiger partial charge in [0.1, 0.15) is 17.1 Å². The zero-order chi connectivity index (χ0) is 22.6. The van der Waals surface area contributed by atoms with Crippen molar-refractivity contribution in [3.8, 4) is 5.75 Å². The van der Waals surface area contributed by atoms with Crippen LogP contribution < -0.4 is 15.4 Å². The molecule has 0 unspecified atom stereocenters. The maximum Gasteiger partial charge on any atom is 0.421 e. The predicted octanol–water partition coefficient (Wildman–Crippen LogP) is 7.35. The summed E-state index contributed by atoms with van der Waals surface area (Å²) in [6, 6.07) is 13.5. The highest BCUT2D eigenvalue weighted by atomic mass is 35.5. The Labute approximate surface area is 189 Å². The van der Waals surface area contributed by atoms with Crippen molar-refractivity contribution in [1.29, 1.82) is 0 Å². The van der Waals surface area contributed by atoms with E-state index in [-0.39, 0.29) is 17.9 Å². The van der Waals surface area contributed by atoms with Crippen molar-refractivity contribution in [2.75, 3.05) is 10.6 Å². The van der Waals surface area contributed by atoms with Gasteiger partial charge in [-0.1, -0.05) is 18.0 Å². The molecule has 2 N–H and O–H groups in total. The molecule has 9 heteroatoms. The Bertz CT molecular complexity index is 1040. The van der Waals surface area contributed by atoms with Crippen molar-refractivity contribution >= 4 is 34.7 Å². The van der Waals surface area contributed by atoms with E-state index in [1.165, 1.54) is 19.3 Å². The van der Waals surface area contributed by atoms with Crippen molar-refractivity contribution in [3.63, 3.8) is 0 Å². The van der Waals surface area contributed by atoms with Crippen LogP contribution in [0.4, 0.5) is 36.3 Å². The average Bonchev–Trinajstić information content (AvgIpc) is 2.77. The highest BCUT2D eigenvalue weighted by Crippen LogP contribution is 2.35. The molecule has 0 bridgehead atoms. The fourth-order valence-electron chi connectivity index (χ4n) is 3.54. The van der Waals surface area contributed by atoms with E-state index in [9.17, 15) is 13.2 Å². The minimum atomic E-state index is -4.61. The van der Waals surface area contributed by atoms with E-state index in [2.05, 4.69) is 20.6 Å². The van der Waals surface area contributed by atoms with Crippen LogP contribution in [0.25, 0.3) is 0 Å². The van der Waals surface area contributed by atoms with E-state index in [0.717, 1.165) is 24.8 Å². The number of rotatable bonds is 6. The molecule has 0 amide bonds. The lowest BCUT2D eigenvalue weighted by molar-refractivity contribution is -0.137. The number of nitrogens with one attached hydrogen (secondary N) is 2. The largest absolute Gasteiger partial charge is 0.490 e. The normalized spacial score (nSPS) is 14.8. The van der Waals surface area contributed by atoms with Crippen LogP contribution in [0.15, 0.2) is 54.7 Å². The molecule has 1 aliphatic carbocycles. The fourth-order valence-corrected chi connectivity index (χ4v) is 3.66. The zero-order valence-electron chi connectivity index (χ0n) is 17.1. The second-order valence-electron chi connectivity index (χ2n) is 7.61. The number of benzene rings is 2. The number of aromatic nitrogens is 2. The summed E-state index contributed by atoms with van der Waals surface area (Å²) in [5.41, 5.74) is 0.0983. The molecule has 168 valence electrons. The summed E-state index contributed by atoms with van der Waals surface area (Å²) in [6.45, 7) is 0. The quantitative estimate of drug-likeness (QED) is 0.401. The van der Waals surface area contributed by atoms with Crippen molar-refractivity contribution < 1.29 is 17.9 Å². The van der Waals surface area contributed by atoms with Gasteiger partial charge in [-0.05, 0) is 74.2 Å². The van der Waals surface area contributed by atoms with Gasteiger partial charge in [0, 0.05) is 22.6 Å². The van der Waals surface area contributed by atoms with Gasteiger partial charge in [-0.25, -0.2) is 4.98 Å². The van der Waals surface area contributed by atoms with Gasteiger partial charge >= 0.3 is 6.18 Å². The van der Waals surface area contributed by atoms with Gasteiger partial charge in [0.15, 0.2) is 0 Å². The first-order valence-electron chi connectivity index (χ1n) is 10.4. The number of anilines is 4. The number of hydrogen-bond acceptors (Lipinski definition) is 5. The monoisotopic (exact) mass is 462 g/mol. The molecule has 2 aromatic carbocycles. The predicted molar refractivity (Wildman–Crippen MR) is 119 cm³/mol. The lowest BCUT2D eigenvalue weighted by Gasteiger charge is -2.23. The standard InChI is InChI=1S/C23H22ClF3N4O/c24-15-6-8-16(9-7-15)29-21-20(23(25,26)27)14-28-22(31-21)30-17-10-12-19(13-11-17)32-18-4-2-1-3-5-18/h6-14,18H,1-5H2,(H2,28,29,30,31). The molecule has 1 saturated carbocycles. The topological polar surface area (TPSA) is 59.1 Å². The second kappa shape index (κ2) is 9.65. The minimum Gasteiger partial charge on any atom is -0.490 e. The van der Waals surface area contributed by atoms with Crippen LogP contribution >= 0.6 is 11.6 Å². The third-order valence-corrected chi connectivity index (χ3v) is 5.42. The van der Waals surface area contributed by atoms with Gasteiger partial charge < -0.3 is 15.4 Å². The fraction of sp³-hybridized carbons (Fsp3) is 0.304. The lowest BCUT2D eigenvalue weighted by Crippen LogP contribution is -2.19. The molecular weight excluding hydrogens is 441 g/mol. The molecule has 1 fully saturated rings. The van der Waals surface area contributed by atoms with Gasteiger partial charge in [0.2, 0.25) is 5.95 Å². The van der Waals surface area contributed by atoms with Crippen molar-refractivity contribution in [1.82, 2.24) is 9.97 Å². The molecule has 1 aliphatic rings. The number of ether oxygens (including phenoxy) is 1. The molecule has 3 aromatic rings. The van der Waals surface area contributed by atoms with E-state index < -0.39 is 11.7 Å². The van der Waals surface area contributed by atoms with E-state index in [4.69, 9.17) is 16.3 Å². The van der Waals surface area contributed by atoms with E-state index in [1.54, 1.807) is 36.4 Å². The van der Waals surface area contributed by atoms with Crippen LogP contribution in [0, 0.1) is 0 Å². The summed E-state index contributed by atoms with van der Waals surface area (Å²) in [6.07, 6.45) is 2.13. The van der Waals surface area contributed by atoms with E-state index in [0.29, 0.717) is 16.4 Å². The van der Waals surface area contributed by atoms with Crippen LogP contribution in [0.1, 0.15) is 37.7 Å². The molecule has 0 atom stereocenters. The summed E-state index contributed by atoms with van der Waals surface area (Å²) in [7, 11) is 0. The Morgan fingerprint density at radius 3 is 2.16 bits per heavy atom. The van der Waals surface area contributed by atoms with Gasteiger partial charge in [-0.15, -0.1) is 0 Å². The molecule has 1 heterocycles. The molecular formula is C23H22ClF3N4O. The Kier molecular flexibility index (Phi) is 6.69. The molecule has 32 heavy (non-hydrogen) atoms. The maximum absolute atomic E-state index is 13.4. The molecule has 0 spiro atoms. The number of alkyl halides is 3. The van der Waals surface area contributed by atoms with Crippen LogP contribution in [-0.4, -0.2) is 16.1 Å². The molecule has 0 saturated heterocycles. The third-order valence-electron chi connectivity index (χ3n) is 5.17. The molecule has 1 aromatic heterocycles. The summed E-state index contributed by atoms with van der Waals surface area (Å²) in [4.78, 5) is 7.89. The first-order valence-corrected chi connectivity index (χ1v) is 10.8. The Morgan fingerprint density at radius 2 is 1.50 bits per heavy atom. The Hall–Kier alpha value is -3.00. The van der Waals surface area contributed by atoms with Gasteiger partial charge in [0.25, 0.3) is 0 Å². The summed E-state index contributed by atoms with van der Waals surface area (Å²) >= 11 is 5.85. The molecule has 4 rings (SSSR count). The minimum absolute atomic E-state index is 0.0374. The number of halogens is 4. The highest BCUT2D eigenvalue weighted by Gasteiger charge is 2.35. The first-order chi connectivity index (χ1) is 15.4. The Morgan fingerprint density at radius 1 is 0.875 bits per heavy atom. The van der Waals surface area contributed by atoms with Gasteiger partial charge in [-0.3, -0.25) is 0 Å². The lowest BCUT2D eigenvalue weighted by atomic mass is 9.98. The number of nitrogens with zero attached hydrogens (tertiary/aromatic N) is 2. The molecule has 5 nitrogen and oxygen atoms in total. The van der Waals surface area contributed by atoms with Crippen molar-refractivity contribution in [3.05, 3.63) is 65.3 Å². The summed E-state index contributed by atoms with van der Waals surface area (Å²) in [5.74, 6) is 0.450.